The molecule has 0 aliphatic rings. The van der Waals surface area contributed by atoms with Crippen LogP contribution >= 0.6 is 0 Å². The normalized spacial score (nSPS) is 14.5. The Hall–Kier alpha value is -0.820. The second-order valence-corrected chi connectivity index (χ2v) is 6.24. The van der Waals surface area contributed by atoms with Crippen LogP contribution in [0.15, 0.2) is 4.99 Å². The summed E-state index contributed by atoms with van der Waals surface area (Å²) in [7, 11) is 0.431. The Morgan fingerprint density at radius 3 is 2.59 bits per heavy atom. The van der Waals surface area contributed by atoms with Crippen LogP contribution in [0.4, 0.5) is 0 Å². The summed E-state index contributed by atoms with van der Waals surface area (Å²) in [6.07, 6.45) is 1.80. The lowest BCUT2D eigenvalue weighted by Gasteiger charge is -2.16. The topological polar surface area (TPSA) is 79.8 Å². The third-order valence-electron chi connectivity index (χ3n) is 2.01. The van der Waals surface area contributed by atoms with Crippen LogP contribution in [0, 0.1) is 0 Å². The number of hydrogen-bond donors (Lipinski definition) is 2. The molecule has 0 aromatic carbocycles. The van der Waals surface area contributed by atoms with Crippen molar-refractivity contribution in [2.24, 2.45) is 4.99 Å². The largest absolute Gasteiger partial charge is 0.383 e. The molecule has 6 nitrogen and oxygen atoms in total. The van der Waals surface area contributed by atoms with Gasteiger partial charge in [-0.3, -0.25) is 4.99 Å². The van der Waals surface area contributed by atoms with E-state index in [4.69, 9.17) is 4.74 Å². The fourth-order valence-corrected chi connectivity index (χ4v) is 1.93. The van der Waals surface area contributed by atoms with Gasteiger partial charge in [-0.15, -0.1) is 0 Å². The number of methoxy groups -OCH3 is 1. The number of nitrogens with one attached hydrogen (secondary N) is 2. The van der Waals surface area contributed by atoms with Crippen LogP contribution in [0.5, 0.6) is 0 Å². The Bertz CT molecular complexity index is 328. The van der Waals surface area contributed by atoms with Crippen LogP contribution in [0.2, 0.25) is 0 Å². The Kier molecular flexibility index (Phi) is 7.90. The minimum absolute atomic E-state index is 0.154. The van der Waals surface area contributed by atoms with Crippen molar-refractivity contribution < 1.29 is 13.2 Å². The molecule has 7 heteroatoms. The molecule has 0 aromatic rings. The van der Waals surface area contributed by atoms with Crippen LogP contribution in [-0.2, 0) is 14.6 Å². The van der Waals surface area contributed by atoms with E-state index in [1.165, 1.54) is 6.26 Å². The summed E-state index contributed by atoms with van der Waals surface area (Å²) >= 11 is 0. The number of nitrogens with zero attached hydrogens (tertiary/aromatic N) is 1. The maximum absolute atomic E-state index is 10.9. The molecule has 0 bridgehead atoms. The standard InChI is InChI=1S/C10H23N3O3S/c1-9(8-16-3)13-10(11-2)12-6-5-7-17(4,14)15/h9H,5-8H2,1-4H3,(H2,11,12,13). The zero-order chi connectivity index (χ0) is 13.3. The predicted molar refractivity (Wildman–Crippen MR) is 70.2 cm³/mol. The Morgan fingerprint density at radius 1 is 1.47 bits per heavy atom. The van der Waals surface area contributed by atoms with Crippen LogP contribution in [-0.4, -0.2) is 59.7 Å². The molecule has 0 radical (unpaired) electrons. The first kappa shape index (κ1) is 16.2. The van der Waals surface area contributed by atoms with Gasteiger partial charge in [-0.25, -0.2) is 8.42 Å². The molecule has 0 spiro atoms. The van der Waals surface area contributed by atoms with Gasteiger partial charge in [-0.1, -0.05) is 0 Å². The lowest BCUT2D eigenvalue weighted by molar-refractivity contribution is 0.179. The predicted octanol–water partition coefficient (Wildman–Crippen LogP) is -0.379. The van der Waals surface area contributed by atoms with Crippen molar-refractivity contribution in [2.45, 2.75) is 19.4 Å². The molecule has 0 aliphatic heterocycles. The molecule has 0 amide bonds. The summed E-state index contributed by atoms with van der Waals surface area (Å²) in [5.74, 6) is 0.841. The van der Waals surface area contributed by atoms with Gasteiger partial charge >= 0.3 is 0 Å². The van der Waals surface area contributed by atoms with Crippen LogP contribution in [0.1, 0.15) is 13.3 Å². The third-order valence-corrected chi connectivity index (χ3v) is 3.04. The van der Waals surface area contributed by atoms with Gasteiger partial charge in [0.05, 0.1) is 12.4 Å². The lowest BCUT2D eigenvalue weighted by Crippen LogP contribution is -2.44. The summed E-state index contributed by atoms with van der Waals surface area (Å²) in [6.45, 7) is 3.14. The highest BCUT2D eigenvalue weighted by Crippen LogP contribution is 1.87. The van der Waals surface area contributed by atoms with E-state index in [9.17, 15) is 8.42 Å². The summed E-state index contributed by atoms with van der Waals surface area (Å²) in [4.78, 5) is 4.03. The fourth-order valence-electron chi connectivity index (χ4n) is 1.26. The first-order valence-corrected chi connectivity index (χ1v) is 7.59. The van der Waals surface area contributed by atoms with E-state index < -0.39 is 9.84 Å². The summed E-state index contributed by atoms with van der Waals surface area (Å²) < 4.78 is 26.8. The Morgan fingerprint density at radius 2 is 2.12 bits per heavy atom. The van der Waals surface area contributed by atoms with Crippen molar-refractivity contribution in [2.75, 3.05) is 39.3 Å². The van der Waals surface area contributed by atoms with Crippen LogP contribution < -0.4 is 10.6 Å². The van der Waals surface area contributed by atoms with Crippen molar-refractivity contribution in [3.8, 4) is 0 Å². The molecule has 0 rings (SSSR count). The maximum atomic E-state index is 10.9. The van der Waals surface area contributed by atoms with E-state index >= 15 is 0 Å². The van der Waals surface area contributed by atoms with Crippen molar-refractivity contribution in [3.63, 3.8) is 0 Å². The summed E-state index contributed by atoms with van der Waals surface area (Å²) in [6, 6.07) is 0.154. The first-order chi connectivity index (χ1) is 7.89. The lowest BCUT2D eigenvalue weighted by atomic mass is 10.4. The maximum Gasteiger partial charge on any atom is 0.191 e. The fraction of sp³-hybridized carbons (Fsp3) is 0.900. The quantitative estimate of drug-likeness (QED) is 0.373. The molecule has 1 unspecified atom stereocenters. The van der Waals surface area contributed by atoms with E-state index in [0.29, 0.717) is 25.5 Å². The molecule has 1 atom stereocenters. The average Bonchev–Trinajstić information content (AvgIpc) is 2.21. The highest BCUT2D eigenvalue weighted by Gasteiger charge is 2.05. The van der Waals surface area contributed by atoms with Crippen molar-refractivity contribution in [1.29, 1.82) is 0 Å². The number of guanidine groups is 1. The molecular formula is C10H23N3O3S. The van der Waals surface area contributed by atoms with Gasteiger partial charge in [0.1, 0.15) is 9.84 Å². The second kappa shape index (κ2) is 8.30. The van der Waals surface area contributed by atoms with E-state index in [1.54, 1.807) is 14.2 Å². The molecule has 0 aliphatic carbocycles. The van der Waals surface area contributed by atoms with E-state index in [2.05, 4.69) is 15.6 Å². The van der Waals surface area contributed by atoms with Crippen molar-refractivity contribution in [1.82, 2.24) is 10.6 Å². The molecule has 2 N–H and O–H groups in total. The number of sulfone groups is 1. The van der Waals surface area contributed by atoms with Crippen molar-refractivity contribution >= 4 is 15.8 Å². The molecular weight excluding hydrogens is 242 g/mol. The minimum atomic E-state index is -2.88. The highest BCUT2D eigenvalue weighted by atomic mass is 32.2. The summed E-state index contributed by atoms with van der Waals surface area (Å²) in [5, 5.41) is 6.18. The van der Waals surface area contributed by atoms with Crippen molar-refractivity contribution in [3.05, 3.63) is 0 Å². The Balaban J connectivity index is 3.84. The van der Waals surface area contributed by atoms with Gasteiger partial charge in [0.15, 0.2) is 5.96 Å². The average molecular weight is 265 g/mol. The number of ether oxygens (including phenoxy) is 1. The minimum Gasteiger partial charge on any atom is -0.383 e. The van der Waals surface area contributed by atoms with E-state index in [1.807, 2.05) is 6.92 Å². The zero-order valence-corrected chi connectivity index (χ0v) is 11.8. The zero-order valence-electron chi connectivity index (χ0n) is 11.0. The molecule has 102 valence electrons. The smallest absolute Gasteiger partial charge is 0.191 e. The van der Waals surface area contributed by atoms with Gasteiger partial charge in [0.25, 0.3) is 0 Å². The van der Waals surface area contributed by atoms with Gasteiger partial charge in [-0.05, 0) is 13.3 Å². The van der Waals surface area contributed by atoms with Gasteiger partial charge in [0.2, 0.25) is 0 Å². The molecule has 0 saturated heterocycles. The molecule has 0 heterocycles. The second-order valence-electron chi connectivity index (χ2n) is 3.98. The first-order valence-electron chi connectivity index (χ1n) is 5.53. The van der Waals surface area contributed by atoms with Gasteiger partial charge in [0, 0.05) is 33.0 Å². The van der Waals surface area contributed by atoms with Crippen LogP contribution in [0.25, 0.3) is 0 Å². The highest BCUT2D eigenvalue weighted by molar-refractivity contribution is 7.90. The van der Waals surface area contributed by atoms with E-state index in [-0.39, 0.29) is 11.8 Å². The third kappa shape index (κ3) is 10.1. The van der Waals surface area contributed by atoms with E-state index in [0.717, 1.165) is 0 Å². The molecule has 0 saturated carbocycles. The Labute approximate surface area is 104 Å². The number of aliphatic imine (C=N–C) groups is 1. The molecule has 0 aromatic heterocycles. The SMILES string of the molecule is CN=C(NCCCS(C)(=O)=O)NC(C)COC. The number of hydrogen-bond acceptors (Lipinski definition) is 4. The van der Waals surface area contributed by atoms with Gasteiger partial charge in [-0.2, -0.15) is 0 Å². The summed E-state index contributed by atoms with van der Waals surface area (Å²) in [5.41, 5.74) is 0. The van der Waals surface area contributed by atoms with Gasteiger partial charge < -0.3 is 15.4 Å². The molecule has 17 heavy (non-hydrogen) atoms. The monoisotopic (exact) mass is 265 g/mol. The van der Waals surface area contributed by atoms with Crippen LogP contribution in [0.3, 0.4) is 0 Å². The number of rotatable bonds is 7. The molecule has 0 fully saturated rings.